The van der Waals surface area contributed by atoms with Crippen molar-refractivity contribution in [2.24, 2.45) is 5.92 Å². The largest absolute Gasteiger partial charge is 0.345 e. The Morgan fingerprint density at radius 3 is 1.94 bits per heavy atom. The Balaban J connectivity index is 4.47. The van der Waals surface area contributed by atoms with E-state index in [1.54, 1.807) is 13.8 Å². The van der Waals surface area contributed by atoms with Gasteiger partial charge in [0.1, 0.15) is 0 Å². The van der Waals surface area contributed by atoms with E-state index in [2.05, 4.69) is 10.6 Å². The third-order valence-corrected chi connectivity index (χ3v) is 2.65. The molecule has 0 fully saturated rings. The monoisotopic (exact) mass is 242 g/mol. The van der Waals surface area contributed by atoms with Crippen LogP contribution in [0.1, 0.15) is 48.0 Å². The van der Waals surface area contributed by atoms with Crippen LogP contribution in [-0.4, -0.2) is 29.8 Å². The van der Waals surface area contributed by atoms with E-state index in [4.69, 9.17) is 0 Å². The highest BCUT2D eigenvalue weighted by Crippen LogP contribution is 2.04. The fraction of sp³-hybridized carbons (Fsp3) is 0.846. The lowest BCUT2D eigenvalue weighted by Crippen LogP contribution is -2.53. The van der Waals surface area contributed by atoms with E-state index in [1.165, 1.54) is 0 Å². The average molecular weight is 242 g/mol. The molecule has 0 bridgehead atoms. The first-order valence-electron chi connectivity index (χ1n) is 6.38. The van der Waals surface area contributed by atoms with Crippen LogP contribution in [0, 0.1) is 5.92 Å². The zero-order valence-corrected chi connectivity index (χ0v) is 11.8. The molecule has 0 radical (unpaired) electrons. The molecule has 0 aliphatic heterocycles. The zero-order chi connectivity index (χ0) is 13.6. The molecule has 0 saturated carbocycles. The Hall–Kier alpha value is -0.900. The molecule has 0 aliphatic rings. The van der Waals surface area contributed by atoms with Crippen LogP contribution in [-0.2, 0) is 9.59 Å². The highest BCUT2D eigenvalue weighted by atomic mass is 16.2. The summed E-state index contributed by atoms with van der Waals surface area (Å²) in [4.78, 5) is 23.5. The highest BCUT2D eigenvalue weighted by molar-refractivity contribution is 5.90. The van der Waals surface area contributed by atoms with Crippen molar-refractivity contribution in [2.45, 2.75) is 66.1 Å². The van der Waals surface area contributed by atoms with Crippen molar-refractivity contribution < 1.29 is 9.59 Å². The molecule has 2 atom stereocenters. The molecule has 0 aromatic heterocycles. The van der Waals surface area contributed by atoms with E-state index in [0.717, 1.165) is 0 Å². The van der Waals surface area contributed by atoms with Crippen molar-refractivity contribution in [2.75, 3.05) is 0 Å². The van der Waals surface area contributed by atoms with Gasteiger partial charge in [-0.05, 0) is 12.8 Å². The van der Waals surface area contributed by atoms with Gasteiger partial charge in [-0.25, -0.2) is 0 Å². The standard InChI is InChI=1S/C13H26N2O2/c1-7-11(16)10(6)15-13(17)12(8(2)3)14-9(4)5/h8-10,12,14H,7H2,1-6H3,(H,15,17)/t10-,12-/m0/s1. The highest BCUT2D eigenvalue weighted by Gasteiger charge is 2.24. The van der Waals surface area contributed by atoms with E-state index in [-0.39, 0.29) is 29.7 Å². The molecule has 0 aromatic rings. The summed E-state index contributed by atoms with van der Waals surface area (Å²) >= 11 is 0. The van der Waals surface area contributed by atoms with Crippen LogP contribution in [0.5, 0.6) is 0 Å². The van der Waals surface area contributed by atoms with Gasteiger partial charge in [-0.2, -0.15) is 0 Å². The van der Waals surface area contributed by atoms with Crippen LogP contribution in [0.4, 0.5) is 0 Å². The van der Waals surface area contributed by atoms with Crippen LogP contribution < -0.4 is 10.6 Å². The maximum absolute atomic E-state index is 12.0. The fourth-order valence-corrected chi connectivity index (χ4v) is 1.62. The summed E-state index contributed by atoms with van der Waals surface area (Å²) in [7, 11) is 0. The van der Waals surface area contributed by atoms with Gasteiger partial charge in [-0.1, -0.05) is 34.6 Å². The first-order valence-corrected chi connectivity index (χ1v) is 6.38. The molecule has 2 N–H and O–H groups in total. The smallest absolute Gasteiger partial charge is 0.237 e. The maximum atomic E-state index is 12.0. The molecule has 1 amide bonds. The molecule has 0 spiro atoms. The van der Waals surface area contributed by atoms with Gasteiger partial charge in [0.15, 0.2) is 5.78 Å². The van der Waals surface area contributed by atoms with E-state index < -0.39 is 6.04 Å². The lowest BCUT2D eigenvalue weighted by molar-refractivity contribution is -0.129. The summed E-state index contributed by atoms with van der Waals surface area (Å²) in [6, 6.07) is -0.407. The molecular formula is C13H26N2O2. The second-order valence-corrected chi connectivity index (χ2v) is 5.09. The maximum Gasteiger partial charge on any atom is 0.237 e. The van der Waals surface area contributed by atoms with Gasteiger partial charge < -0.3 is 10.6 Å². The van der Waals surface area contributed by atoms with Crippen molar-refractivity contribution in [3.63, 3.8) is 0 Å². The van der Waals surface area contributed by atoms with Crippen LogP contribution in [0.15, 0.2) is 0 Å². The Morgan fingerprint density at radius 2 is 1.59 bits per heavy atom. The number of carbonyl (C=O) groups is 2. The first-order chi connectivity index (χ1) is 7.79. The van der Waals surface area contributed by atoms with E-state index in [0.29, 0.717) is 6.42 Å². The third-order valence-electron chi connectivity index (χ3n) is 2.65. The molecule has 0 saturated heterocycles. The van der Waals surface area contributed by atoms with Crippen molar-refractivity contribution >= 4 is 11.7 Å². The van der Waals surface area contributed by atoms with Gasteiger partial charge in [0.2, 0.25) is 5.91 Å². The van der Waals surface area contributed by atoms with Gasteiger partial charge in [0.05, 0.1) is 12.1 Å². The quantitative estimate of drug-likeness (QED) is 0.711. The van der Waals surface area contributed by atoms with Crippen molar-refractivity contribution in [1.82, 2.24) is 10.6 Å². The van der Waals surface area contributed by atoms with Crippen molar-refractivity contribution in [3.05, 3.63) is 0 Å². The predicted octanol–water partition coefficient (Wildman–Crippen LogP) is 1.49. The lowest BCUT2D eigenvalue weighted by Gasteiger charge is -2.25. The molecule has 100 valence electrons. The summed E-state index contributed by atoms with van der Waals surface area (Å²) < 4.78 is 0. The van der Waals surface area contributed by atoms with Gasteiger partial charge >= 0.3 is 0 Å². The van der Waals surface area contributed by atoms with Gasteiger partial charge in [-0.3, -0.25) is 9.59 Å². The van der Waals surface area contributed by atoms with E-state index >= 15 is 0 Å². The normalized spacial score (nSPS) is 14.8. The number of hydrogen-bond acceptors (Lipinski definition) is 3. The Labute approximate surface area is 105 Å². The number of rotatable bonds is 7. The molecule has 4 nitrogen and oxygen atoms in total. The lowest BCUT2D eigenvalue weighted by atomic mass is 10.0. The summed E-state index contributed by atoms with van der Waals surface area (Å²) in [5, 5.41) is 5.98. The van der Waals surface area contributed by atoms with Crippen LogP contribution >= 0.6 is 0 Å². The molecule has 17 heavy (non-hydrogen) atoms. The summed E-state index contributed by atoms with van der Waals surface area (Å²) in [5.74, 6) is 0.162. The predicted molar refractivity (Wildman–Crippen MR) is 69.8 cm³/mol. The SMILES string of the molecule is CCC(=O)[C@H](C)NC(=O)[C@@H](NC(C)C)C(C)C. The van der Waals surface area contributed by atoms with Crippen LogP contribution in [0.3, 0.4) is 0 Å². The zero-order valence-electron chi connectivity index (χ0n) is 11.8. The summed E-state index contributed by atoms with van der Waals surface area (Å²) in [5.41, 5.74) is 0. The van der Waals surface area contributed by atoms with E-state index in [9.17, 15) is 9.59 Å². The molecule has 4 heteroatoms. The average Bonchev–Trinajstić information content (AvgIpc) is 2.23. The summed E-state index contributed by atoms with van der Waals surface area (Å²) in [6.45, 7) is 11.5. The first kappa shape index (κ1) is 16.1. The number of ketones is 1. The molecule has 0 heterocycles. The number of nitrogens with one attached hydrogen (secondary N) is 2. The summed E-state index contributed by atoms with van der Waals surface area (Å²) in [6.07, 6.45) is 0.450. The topological polar surface area (TPSA) is 58.2 Å². The van der Waals surface area contributed by atoms with Crippen molar-refractivity contribution in [3.8, 4) is 0 Å². The van der Waals surface area contributed by atoms with Crippen molar-refractivity contribution in [1.29, 1.82) is 0 Å². The van der Waals surface area contributed by atoms with Gasteiger partial charge in [0, 0.05) is 12.5 Å². The minimum absolute atomic E-state index is 0.0606. The molecule has 0 aliphatic carbocycles. The van der Waals surface area contributed by atoms with E-state index in [1.807, 2.05) is 27.7 Å². The number of amides is 1. The fourth-order valence-electron chi connectivity index (χ4n) is 1.62. The Kier molecular flexibility index (Phi) is 7.04. The van der Waals surface area contributed by atoms with Crippen LogP contribution in [0.25, 0.3) is 0 Å². The molecule has 0 unspecified atom stereocenters. The Morgan fingerprint density at radius 1 is 1.06 bits per heavy atom. The number of Topliss-reactive ketones (excluding diaryl/α,β-unsaturated/α-hetero) is 1. The number of carbonyl (C=O) groups excluding carboxylic acids is 2. The molecule has 0 aromatic carbocycles. The number of hydrogen-bond donors (Lipinski definition) is 2. The molecular weight excluding hydrogens is 216 g/mol. The third kappa shape index (κ3) is 5.82. The molecule has 0 rings (SSSR count). The van der Waals surface area contributed by atoms with Gasteiger partial charge in [-0.15, -0.1) is 0 Å². The minimum Gasteiger partial charge on any atom is -0.345 e. The second-order valence-electron chi connectivity index (χ2n) is 5.09. The minimum atomic E-state index is -0.400. The Bertz CT molecular complexity index is 262. The second kappa shape index (κ2) is 7.43. The van der Waals surface area contributed by atoms with Gasteiger partial charge in [0.25, 0.3) is 0 Å². The van der Waals surface area contributed by atoms with Crippen LogP contribution in [0.2, 0.25) is 0 Å².